The first-order chi connectivity index (χ1) is 32.0. The maximum Gasteiger partial charge on any atom is 0.306 e. The van der Waals surface area contributed by atoms with Crippen molar-refractivity contribution in [1.82, 2.24) is 0 Å². The summed E-state index contributed by atoms with van der Waals surface area (Å²) in [5, 5.41) is 31.0. The van der Waals surface area contributed by atoms with Crippen LogP contribution in [0.2, 0.25) is 0 Å². The summed E-state index contributed by atoms with van der Waals surface area (Å²) in [6.45, 7) is 3.78. The zero-order valence-electron chi connectivity index (χ0n) is 41.8. The van der Waals surface area contributed by atoms with Crippen LogP contribution in [-0.2, 0) is 38.7 Å². The van der Waals surface area contributed by atoms with Gasteiger partial charge in [0.1, 0.15) is 36.8 Å². The Morgan fingerprint density at radius 2 is 0.864 bits per heavy atom. The van der Waals surface area contributed by atoms with Crippen LogP contribution in [0.5, 0.6) is 0 Å². The summed E-state index contributed by atoms with van der Waals surface area (Å²) in [5.74, 6) is -1.97. The van der Waals surface area contributed by atoms with Crippen molar-refractivity contribution in [3.05, 3.63) is 24.3 Å². The summed E-state index contributed by atoms with van der Waals surface area (Å²) in [7, 11) is -4.60. The number of carbonyl (C=O) groups excluding carboxylic acids is 2. The second-order valence-electron chi connectivity index (χ2n) is 18.9. The fourth-order valence-corrected chi connectivity index (χ4v) is 9.01. The van der Waals surface area contributed by atoms with E-state index in [1.54, 1.807) is 0 Å². The maximum absolute atomic E-state index is 12.9. The van der Waals surface area contributed by atoms with Gasteiger partial charge in [-0.3, -0.25) is 14.1 Å². The van der Waals surface area contributed by atoms with E-state index in [4.69, 9.17) is 18.9 Å². The summed E-state index contributed by atoms with van der Waals surface area (Å²) in [6.07, 6.45) is 40.7. The van der Waals surface area contributed by atoms with Gasteiger partial charge in [0, 0.05) is 12.8 Å². The highest BCUT2D eigenvalue weighted by molar-refractivity contribution is 7.85. The second-order valence-corrected chi connectivity index (χ2v) is 20.4. The molecule has 6 atom stereocenters. The molecule has 66 heavy (non-hydrogen) atoms. The van der Waals surface area contributed by atoms with Crippen LogP contribution in [-0.4, -0.2) is 96.0 Å². The molecule has 0 aromatic rings. The predicted octanol–water partition coefficient (Wildman–Crippen LogP) is 12.3. The minimum absolute atomic E-state index is 0.166. The number of aliphatic hydroxyl groups excluding tert-OH is 3. The van der Waals surface area contributed by atoms with Crippen LogP contribution in [0.25, 0.3) is 0 Å². The van der Waals surface area contributed by atoms with Gasteiger partial charge in [0.05, 0.1) is 6.61 Å². The van der Waals surface area contributed by atoms with Gasteiger partial charge >= 0.3 is 11.9 Å². The lowest BCUT2D eigenvalue weighted by molar-refractivity contribution is -0.297. The molecule has 388 valence electrons. The first kappa shape index (κ1) is 62.1. The third kappa shape index (κ3) is 37.1. The Hall–Kier alpha value is -1.87. The van der Waals surface area contributed by atoms with Crippen LogP contribution in [0.15, 0.2) is 24.3 Å². The van der Waals surface area contributed by atoms with Crippen molar-refractivity contribution in [2.24, 2.45) is 0 Å². The molecule has 1 aliphatic rings. The van der Waals surface area contributed by atoms with E-state index in [2.05, 4.69) is 38.2 Å². The van der Waals surface area contributed by atoms with E-state index in [0.717, 1.165) is 38.5 Å². The molecule has 4 N–H and O–H groups in total. The van der Waals surface area contributed by atoms with Crippen molar-refractivity contribution in [2.75, 3.05) is 19.0 Å². The lowest BCUT2D eigenvalue weighted by Gasteiger charge is -2.40. The Morgan fingerprint density at radius 1 is 0.500 bits per heavy atom. The lowest BCUT2D eigenvalue weighted by Crippen LogP contribution is -2.60. The third-order valence-electron chi connectivity index (χ3n) is 12.5. The molecular weight excluding hydrogens is 861 g/mol. The third-order valence-corrected chi connectivity index (χ3v) is 13.3. The minimum atomic E-state index is -4.60. The fraction of sp³-hybridized carbons (Fsp3) is 0.887. The average Bonchev–Trinajstić information content (AvgIpc) is 3.28. The summed E-state index contributed by atoms with van der Waals surface area (Å²) in [6, 6.07) is 0. The number of carbonyl (C=O) groups is 2. The van der Waals surface area contributed by atoms with E-state index < -0.39 is 71.2 Å². The molecule has 0 radical (unpaired) electrons. The Kier molecular flexibility index (Phi) is 40.7. The number of allylic oxidation sites excluding steroid dienone is 4. The first-order valence-electron chi connectivity index (χ1n) is 26.9. The van der Waals surface area contributed by atoms with Crippen molar-refractivity contribution in [3.8, 4) is 0 Å². The quantitative estimate of drug-likeness (QED) is 0.0196. The van der Waals surface area contributed by atoms with Gasteiger partial charge in [0.2, 0.25) is 0 Å². The van der Waals surface area contributed by atoms with Gasteiger partial charge in [0.25, 0.3) is 10.1 Å². The van der Waals surface area contributed by atoms with Gasteiger partial charge in [-0.2, -0.15) is 8.42 Å². The SMILES string of the molecule is CCCCCC/C=C/CCCCCCCCCCCC(=O)OC[C@H](CO[C@H]1O[C@H](CS(=O)(=O)O)[C@@H](O)C(O)C1O)OC(=O)CCCCCCCCCCCCC/C=C/CCCCCCCC. The molecule has 0 saturated carbocycles. The fourth-order valence-electron chi connectivity index (χ4n) is 8.32. The molecule has 1 aliphatic heterocycles. The monoisotopic (exact) mass is 959 g/mol. The topological polar surface area (TPSA) is 186 Å². The van der Waals surface area contributed by atoms with E-state index in [1.165, 1.54) is 167 Å². The molecule has 13 heteroatoms. The summed E-state index contributed by atoms with van der Waals surface area (Å²) in [5.41, 5.74) is 0. The van der Waals surface area contributed by atoms with Crippen molar-refractivity contribution in [3.63, 3.8) is 0 Å². The predicted molar refractivity (Wildman–Crippen MR) is 266 cm³/mol. The van der Waals surface area contributed by atoms with Crippen molar-refractivity contribution in [1.29, 1.82) is 0 Å². The molecule has 2 unspecified atom stereocenters. The Bertz CT molecular complexity index is 1310. The standard InChI is InChI=1S/C53H98O12S/c1-3-5-7-9-11-13-15-17-19-21-22-23-24-26-28-30-32-34-36-38-40-42-49(55)64-46(44-63-53-52(58)51(57)50(56)47(65-53)45-66(59,60)61)43-62-48(54)41-39-37-35-33-31-29-27-25-20-18-16-14-12-10-8-6-4-2/h14,16-17,19,46-47,50-53,56-58H,3-13,15,18,20-45H2,1-2H3,(H,59,60,61)/b16-14+,19-17+/t46-,47-,50-,51?,52?,53+/m1/s1. The number of ether oxygens (including phenoxy) is 4. The maximum atomic E-state index is 12.9. The molecule has 0 spiro atoms. The van der Waals surface area contributed by atoms with Gasteiger partial charge in [-0.25, -0.2) is 0 Å². The van der Waals surface area contributed by atoms with Crippen LogP contribution in [0, 0.1) is 0 Å². The van der Waals surface area contributed by atoms with E-state index in [0.29, 0.717) is 12.8 Å². The van der Waals surface area contributed by atoms with Crippen molar-refractivity contribution >= 4 is 22.1 Å². The Balaban J connectivity index is 2.34. The molecule has 1 heterocycles. The molecule has 1 saturated heterocycles. The van der Waals surface area contributed by atoms with Gasteiger partial charge in [0.15, 0.2) is 12.4 Å². The molecule has 0 aliphatic carbocycles. The van der Waals surface area contributed by atoms with E-state index in [-0.39, 0.29) is 19.4 Å². The number of esters is 2. The van der Waals surface area contributed by atoms with Crippen LogP contribution in [0.1, 0.15) is 245 Å². The number of hydrogen-bond donors (Lipinski definition) is 4. The van der Waals surface area contributed by atoms with Crippen LogP contribution < -0.4 is 0 Å². The Morgan fingerprint density at radius 3 is 1.27 bits per heavy atom. The lowest BCUT2D eigenvalue weighted by atomic mass is 10.00. The van der Waals surface area contributed by atoms with Gasteiger partial charge in [-0.15, -0.1) is 0 Å². The summed E-state index contributed by atoms with van der Waals surface area (Å²) < 4.78 is 54.3. The molecule has 0 aromatic carbocycles. The van der Waals surface area contributed by atoms with E-state index in [1.807, 2.05) is 0 Å². The summed E-state index contributed by atoms with van der Waals surface area (Å²) >= 11 is 0. The molecule has 1 rings (SSSR count). The number of rotatable bonds is 46. The zero-order valence-corrected chi connectivity index (χ0v) is 42.6. The smallest absolute Gasteiger partial charge is 0.306 e. The van der Waals surface area contributed by atoms with Gasteiger partial charge in [-0.1, -0.05) is 192 Å². The highest BCUT2D eigenvalue weighted by Crippen LogP contribution is 2.24. The van der Waals surface area contributed by atoms with Gasteiger partial charge < -0.3 is 34.3 Å². The number of hydrogen-bond acceptors (Lipinski definition) is 11. The first-order valence-corrected chi connectivity index (χ1v) is 28.5. The molecule has 0 bridgehead atoms. The normalized spacial score (nSPS) is 19.5. The second kappa shape index (κ2) is 43.2. The molecule has 0 aromatic heterocycles. The average molecular weight is 959 g/mol. The Labute approximate surface area is 402 Å². The molecule has 1 fully saturated rings. The molecule has 12 nitrogen and oxygen atoms in total. The summed E-state index contributed by atoms with van der Waals surface area (Å²) in [4.78, 5) is 25.6. The van der Waals surface area contributed by atoms with Gasteiger partial charge in [-0.05, 0) is 64.2 Å². The molecule has 0 amide bonds. The van der Waals surface area contributed by atoms with E-state index >= 15 is 0 Å². The number of unbranched alkanes of at least 4 members (excludes halogenated alkanes) is 30. The highest BCUT2D eigenvalue weighted by Gasteiger charge is 2.46. The van der Waals surface area contributed by atoms with Crippen LogP contribution in [0.3, 0.4) is 0 Å². The van der Waals surface area contributed by atoms with E-state index in [9.17, 15) is 37.9 Å². The highest BCUT2D eigenvalue weighted by atomic mass is 32.2. The largest absolute Gasteiger partial charge is 0.462 e. The minimum Gasteiger partial charge on any atom is -0.462 e. The van der Waals surface area contributed by atoms with Crippen LogP contribution >= 0.6 is 0 Å². The number of aliphatic hydroxyl groups is 3. The zero-order chi connectivity index (χ0) is 48.4. The van der Waals surface area contributed by atoms with Crippen molar-refractivity contribution < 1.29 is 56.8 Å². The molecular formula is C53H98O12S. The van der Waals surface area contributed by atoms with Crippen molar-refractivity contribution in [2.45, 2.75) is 282 Å². The van der Waals surface area contributed by atoms with Crippen LogP contribution in [0.4, 0.5) is 0 Å².